The zero-order valence-electron chi connectivity index (χ0n) is 14.1. The third kappa shape index (κ3) is 4.43. The summed E-state index contributed by atoms with van der Waals surface area (Å²) in [4.78, 5) is 14.2. The summed E-state index contributed by atoms with van der Waals surface area (Å²) >= 11 is 0. The maximum Gasteiger partial charge on any atom is 0.253 e. The largest absolute Gasteiger partial charge is 0.337 e. The van der Waals surface area contributed by atoms with Gasteiger partial charge in [-0.25, -0.2) is 13.1 Å². The maximum atomic E-state index is 12.6. The number of carbonyl (C=O) groups excluding carboxylic acids is 1. The molecular weight excluding hydrogens is 324 g/mol. The van der Waals surface area contributed by atoms with E-state index in [0.29, 0.717) is 18.7 Å². The Hall–Kier alpha value is -2.18. The molecule has 6 heteroatoms. The van der Waals surface area contributed by atoms with Crippen LogP contribution in [-0.2, 0) is 16.6 Å². The molecule has 5 nitrogen and oxygen atoms in total. The van der Waals surface area contributed by atoms with Crippen LogP contribution in [0.15, 0.2) is 53.4 Å². The molecule has 0 saturated carbocycles. The van der Waals surface area contributed by atoms with Crippen LogP contribution in [0.25, 0.3) is 0 Å². The Morgan fingerprint density at radius 2 is 1.79 bits per heavy atom. The van der Waals surface area contributed by atoms with Gasteiger partial charge >= 0.3 is 0 Å². The summed E-state index contributed by atoms with van der Waals surface area (Å²) in [6.45, 7) is 4.48. The number of nitrogens with one attached hydrogen (secondary N) is 1. The van der Waals surface area contributed by atoms with Crippen molar-refractivity contribution in [3.63, 3.8) is 0 Å². The van der Waals surface area contributed by atoms with Gasteiger partial charge in [-0.3, -0.25) is 4.79 Å². The van der Waals surface area contributed by atoms with Gasteiger partial charge in [0.15, 0.2) is 0 Å². The number of carbonyl (C=O) groups is 1. The molecule has 1 N–H and O–H groups in total. The molecule has 0 heterocycles. The Labute approximate surface area is 143 Å². The quantitative estimate of drug-likeness (QED) is 0.874. The first-order valence-corrected chi connectivity index (χ1v) is 9.22. The highest BCUT2D eigenvalue weighted by Gasteiger charge is 2.17. The number of hydrogen-bond acceptors (Lipinski definition) is 3. The Balaban J connectivity index is 2.18. The second-order valence-corrected chi connectivity index (χ2v) is 7.44. The first kappa shape index (κ1) is 18.2. The molecule has 2 aromatic rings. The highest BCUT2D eigenvalue weighted by atomic mass is 32.2. The van der Waals surface area contributed by atoms with Gasteiger partial charge in [0.25, 0.3) is 5.91 Å². The molecule has 0 unspecified atom stereocenters. The van der Waals surface area contributed by atoms with E-state index in [1.165, 1.54) is 12.1 Å². The predicted octanol–water partition coefficient (Wildman–Crippen LogP) is 2.57. The smallest absolute Gasteiger partial charge is 0.253 e. The van der Waals surface area contributed by atoms with Gasteiger partial charge in [0.1, 0.15) is 0 Å². The van der Waals surface area contributed by atoms with E-state index in [9.17, 15) is 13.2 Å². The molecule has 2 rings (SSSR count). The summed E-state index contributed by atoms with van der Waals surface area (Å²) in [5.74, 6) is -0.218. The van der Waals surface area contributed by atoms with Crippen molar-refractivity contribution in [3.05, 3.63) is 65.2 Å². The topological polar surface area (TPSA) is 66.5 Å². The average Bonchev–Trinajstić information content (AvgIpc) is 2.56. The lowest BCUT2D eigenvalue weighted by Gasteiger charge is -2.18. The third-order valence-electron chi connectivity index (χ3n) is 3.61. The third-order valence-corrected chi connectivity index (χ3v) is 5.16. The second-order valence-electron chi connectivity index (χ2n) is 5.68. The monoisotopic (exact) mass is 346 g/mol. The lowest BCUT2D eigenvalue weighted by Crippen LogP contribution is -2.27. The molecule has 2 aromatic carbocycles. The van der Waals surface area contributed by atoms with Crippen LogP contribution in [0, 0.1) is 6.92 Å². The molecule has 0 atom stereocenters. The average molecular weight is 346 g/mol. The van der Waals surface area contributed by atoms with Crippen molar-refractivity contribution in [2.45, 2.75) is 25.3 Å². The van der Waals surface area contributed by atoms with E-state index >= 15 is 0 Å². The van der Waals surface area contributed by atoms with E-state index in [1.54, 1.807) is 31.0 Å². The fourth-order valence-corrected chi connectivity index (χ4v) is 3.42. The number of aryl methyl sites for hydroxylation is 1. The molecule has 0 spiro atoms. The van der Waals surface area contributed by atoms with Crippen LogP contribution in [0.1, 0.15) is 28.4 Å². The van der Waals surface area contributed by atoms with Gasteiger partial charge in [-0.2, -0.15) is 0 Å². The van der Waals surface area contributed by atoms with Gasteiger partial charge in [0.2, 0.25) is 10.0 Å². The van der Waals surface area contributed by atoms with Gasteiger partial charge < -0.3 is 4.90 Å². The van der Waals surface area contributed by atoms with Crippen molar-refractivity contribution in [3.8, 4) is 0 Å². The van der Waals surface area contributed by atoms with Crippen molar-refractivity contribution < 1.29 is 13.2 Å². The van der Waals surface area contributed by atoms with Crippen LogP contribution >= 0.6 is 0 Å². The summed E-state index contributed by atoms with van der Waals surface area (Å²) in [6.07, 6.45) is 0. The Morgan fingerprint density at radius 3 is 2.42 bits per heavy atom. The molecule has 0 aliphatic carbocycles. The zero-order valence-corrected chi connectivity index (χ0v) is 14.9. The van der Waals surface area contributed by atoms with Crippen LogP contribution in [0.5, 0.6) is 0 Å². The number of rotatable bonds is 6. The Morgan fingerprint density at radius 1 is 1.12 bits per heavy atom. The number of hydrogen-bond donors (Lipinski definition) is 1. The number of nitrogens with zero attached hydrogens (tertiary/aromatic N) is 1. The molecule has 0 aromatic heterocycles. The van der Waals surface area contributed by atoms with E-state index in [4.69, 9.17) is 0 Å². The van der Waals surface area contributed by atoms with Crippen LogP contribution in [0.4, 0.5) is 0 Å². The van der Waals surface area contributed by atoms with Gasteiger partial charge in [-0.15, -0.1) is 0 Å². The van der Waals surface area contributed by atoms with Gasteiger partial charge in [-0.05, 0) is 30.7 Å². The SMILES string of the molecule is CCNS(=O)(=O)c1cccc(C(=O)N(C)Cc2ccc(C)cc2)c1. The number of amides is 1. The van der Waals surface area contributed by atoms with Crippen molar-refractivity contribution >= 4 is 15.9 Å². The molecule has 0 radical (unpaired) electrons. The van der Waals surface area contributed by atoms with Crippen molar-refractivity contribution in [1.82, 2.24) is 9.62 Å². The summed E-state index contributed by atoms with van der Waals surface area (Å²) in [5.41, 5.74) is 2.53. The van der Waals surface area contributed by atoms with Crippen molar-refractivity contribution in [1.29, 1.82) is 0 Å². The predicted molar refractivity (Wildman–Crippen MR) is 94.3 cm³/mol. The fraction of sp³-hybridized carbons (Fsp3) is 0.278. The summed E-state index contributed by atoms with van der Waals surface area (Å²) < 4.78 is 26.6. The number of benzene rings is 2. The highest BCUT2D eigenvalue weighted by Crippen LogP contribution is 2.14. The number of sulfonamides is 1. The van der Waals surface area contributed by atoms with Crippen LogP contribution in [0.2, 0.25) is 0 Å². The van der Waals surface area contributed by atoms with Crippen LogP contribution in [-0.4, -0.2) is 32.8 Å². The molecular formula is C18H22N2O3S. The minimum absolute atomic E-state index is 0.0962. The Kier molecular flexibility index (Phi) is 5.75. The zero-order chi connectivity index (χ0) is 17.7. The molecule has 128 valence electrons. The minimum atomic E-state index is -3.58. The second kappa shape index (κ2) is 7.59. The first-order chi connectivity index (χ1) is 11.3. The summed E-state index contributed by atoms with van der Waals surface area (Å²) in [7, 11) is -1.87. The van der Waals surface area contributed by atoms with E-state index in [1.807, 2.05) is 31.2 Å². The van der Waals surface area contributed by atoms with Crippen LogP contribution in [0.3, 0.4) is 0 Å². The van der Waals surface area contributed by atoms with Gasteiger partial charge in [0, 0.05) is 25.7 Å². The van der Waals surface area contributed by atoms with E-state index in [-0.39, 0.29) is 10.8 Å². The van der Waals surface area contributed by atoms with Crippen molar-refractivity contribution in [2.75, 3.05) is 13.6 Å². The first-order valence-electron chi connectivity index (χ1n) is 7.74. The van der Waals surface area contributed by atoms with E-state index in [2.05, 4.69) is 4.72 Å². The summed E-state index contributed by atoms with van der Waals surface area (Å²) in [5, 5.41) is 0. The molecule has 0 fully saturated rings. The molecule has 24 heavy (non-hydrogen) atoms. The molecule has 1 amide bonds. The van der Waals surface area contributed by atoms with Gasteiger partial charge in [-0.1, -0.05) is 42.8 Å². The fourth-order valence-electron chi connectivity index (χ4n) is 2.33. The minimum Gasteiger partial charge on any atom is -0.337 e. The van der Waals surface area contributed by atoms with E-state index in [0.717, 1.165) is 11.1 Å². The van der Waals surface area contributed by atoms with Crippen molar-refractivity contribution in [2.24, 2.45) is 0 Å². The lowest BCUT2D eigenvalue weighted by atomic mass is 10.1. The maximum absolute atomic E-state index is 12.6. The van der Waals surface area contributed by atoms with Gasteiger partial charge in [0.05, 0.1) is 4.90 Å². The molecule has 0 bridgehead atoms. The molecule has 0 aliphatic heterocycles. The summed E-state index contributed by atoms with van der Waals surface area (Å²) in [6, 6.07) is 14.0. The van der Waals surface area contributed by atoms with Crippen LogP contribution < -0.4 is 4.72 Å². The normalized spacial score (nSPS) is 11.3. The van der Waals surface area contributed by atoms with E-state index < -0.39 is 10.0 Å². The molecule has 0 saturated heterocycles. The lowest BCUT2D eigenvalue weighted by molar-refractivity contribution is 0.0785. The highest BCUT2D eigenvalue weighted by molar-refractivity contribution is 7.89. The molecule has 0 aliphatic rings. The standard InChI is InChI=1S/C18H22N2O3S/c1-4-19-24(22,23)17-7-5-6-16(12-17)18(21)20(3)13-15-10-8-14(2)9-11-15/h5-12,19H,4,13H2,1-3H3. The Bertz CT molecular complexity index is 814.